The first kappa shape index (κ1) is 13.5. The van der Waals surface area contributed by atoms with E-state index in [1.807, 2.05) is 24.3 Å². The molecule has 0 N–H and O–H groups in total. The Balaban J connectivity index is 1.96. The fourth-order valence-corrected chi connectivity index (χ4v) is 2.29. The Labute approximate surface area is 115 Å². The Kier molecular flexibility index (Phi) is 4.85. The summed E-state index contributed by atoms with van der Waals surface area (Å²) >= 11 is 0. The van der Waals surface area contributed by atoms with Crippen LogP contribution >= 0.6 is 0 Å². The van der Waals surface area contributed by atoms with Gasteiger partial charge in [0.1, 0.15) is 11.5 Å². The number of hydrogen-bond acceptors (Lipinski definition) is 2. The molecule has 2 nitrogen and oxygen atoms in total. The Morgan fingerprint density at radius 3 is 1.53 bits per heavy atom. The summed E-state index contributed by atoms with van der Waals surface area (Å²) in [6.45, 7) is 0. The fraction of sp³-hybridized carbons (Fsp3) is 0.294. The van der Waals surface area contributed by atoms with Gasteiger partial charge in [0, 0.05) is 0 Å². The lowest BCUT2D eigenvalue weighted by molar-refractivity contribution is 0.406. The largest absolute Gasteiger partial charge is 0.496 e. The zero-order valence-electron chi connectivity index (χ0n) is 11.6. The van der Waals surface area contributed by atoms with E-state index in [2.05, 4.69) is 24.3 Å². The van der Waals surface area contributed by atoms with Gasteiger partial charge in [0.15, 0.2) is 0 Å². The smallest absolute Gasteiger partial charge is 0.122 e. The standard InChI is InChI=1S/C17H20O2/c1-18-16-12-5-3-8-14(16)10-7-11-15-9-4-6-13-17(15)19-2/h3-6,8-9,12-13H,7,10-11H2,1-2H3. The van der Waals surface area contributed by atoms with Gasteiger partial charge in [-0.15, -0.1) is 0 Å². The molecule has 0 bridgehead atoms. The second kappa shape index (κ2) is 6.83. The molecule has 2 aromatic rings. The van der Waals surface area contributed by atoms with E-state index >= 15 is 0 Å². The van der Waals surface area contributed by atoms with Gasteiger partial charge < -0.3 is 9.47 Å². The molecule has 2 aromatic carbocycles. The predicted octanol–water partition coefficient (Wildman–Crippen LogP) is 3.88. The molecule has 0 aliphatic heterocycles. The first-order valence-corrected chi connectivity index (χ1v) is 6.59. The van der Waals surface area contributed by atoms with Crippen LogP contribution in [0.5, 0.6) is 11.5 Å². The highest BCUT2D eigenvalue weighted by Gasteiger charge is 2.04. The van der Waals surface area contributed by atoms with Gasteiger partial charge >= 0.3 is 0 Å². The number of para-hydroxylation sites is 2. The van der Waals surface area contributed by atoms with Crippen LogP contribution in [0.1, 0.15) is 17.5 Å². The third-order valence-electron chi connectivity index (χ3n) is 3.28. The molecule has 0 aliphatic rings. The van der Waals surface area contributed by atoms with Crippen molar-refractivity contribution in [1.29, 1.82) is 0 Å². The van der Waals surface area contributed by atoms with Crippen LogP contribution in [0.25, 0.3) is 0 Å². The average molecular weight is 256 g/mol. The molecule has 0 fully saturated rings. The topological polar surface area (TPSA) is 18.5 Å². The van der Waals surface area contributed by atoms with Gasteiger partial charge in [-0.1, -0.05) is 36.4 Å². The Hall–Kier alpha value is -1.96. The molecule has 0 atom stereocenters. The first-order chi connectivity index (χ1) is 9.35. The molecule has 100 valence electrons. The molecule has 0 aromatic heterocycles. The van der Waals surface area contributed by atoms with Crippen LogP contribution in [0.3, 0.4) is 0 Å². The molecule has 0 unspecified atom stereocenters. The fourth-order valence-electron chi connectivity index (χ4n) is 2.29. The van der Waals surface area contributed by atoms with E-state index < -0.39 is 0 Å². The van der Waals surface area contributed by atoms with E-state index in [9.17, 15) is 0 Å². The molecule has 2 rings (SSSR count). The zero-order valence-corrected chi connectivity index (χ0v) is 11.6. The van der Waals surface area contributed by atoms with Crippen LogP contribution in [0.2, 0.25) is 0 Å². The predicted molar refractivity (Wildman–Crippen MR) is 78.0 cm³/mol. The van der Waals surface area contributed by atoms with Gasteiger partial charge in [-0.3, -0.25) is 0 Å². The van der Waals surface area contributed by atoms with Crippen LogP contribution < -0.4 is 9.47 Å². The maximum absolute atomic E-state index is 5.37. The maximum atomic E-state index is 5.37. The first-order valence-electron chi connectivity index (χ1n) is 6.59. The van der Waals surface area contributed by atoms with E-state index in [1.54, 1.807) is 14.2 Å². The summed E-state index contributed by atoms with van der Waals surface area (Å²) in [6.07, 6.45) is 3.12. The Bertz CT molecular complexity index is 473. The van der Waals surface area contributed by atoms with Crippen LogP contribution in [0, 0.1) is 0 Å². The van der Waals surface area contributed by atoms with E-state index in [1.165, 1.54) is 11.1 Å². The lowest BCUT2D eigenvalue weighted by Gasteiger charge is -2.10. The quantitative estimate of drug-likeness (QED) is 0.781. The minimum atomic E-state index is 0.975. The number of benzene rings is 2. The Morgan fingerprint density at radius 1 is 0.684 bits per heavy atom. The van der Waals surface area contributed by atoms with Crippen molar-refractivity contribution >= 4 is 0 Å². The molecule has 0 saturated heterocycles. The minimum Gasteiger partial charge on any atom is -0.496 e. The average Bonchev–Trinajstić information content (AvgIpc) is 2.48. The van der Waals surface area contributed by atoms with Gasteiger partial charge in [0.05, 0.1) is 14.2 Å². The van der Waals surface area contributed by atoms with Gasteiger partial charge in [-0.05, 0) is 42.5 Å². The normalized spacial score (nSPS) is 10.2. The minimum absolute atomic E-state index is 0.975. The van der Waals surface area contributed by atoms with Crippen molar-refractivity contribution in [2.24, 2.45) is 0 Å². The van der Waals surface area contributed by atoms with Gasteiger partial charge in [0.25, 0.3) is 0 Å². The summed E-state index contributed by atoms with van der Waals surface area (Å²) < 4.78 is 10.7. The maximum Gasteiger partial charge on any atom is 0.122 e. The van der Waals surface area contributed by atoms with Crippen molar-refractivity contribution in [2.45, 2.75) is 19.3 Å². The number of hydrogen-bond donors (Lipinski definition) is 0. The molecule has 19 heavy (non-hydrogen) atoms. The van der Waals surface area contributed by atoms with Gasteiger partial charge in [-0.25, -0.2) is 0 Å². The molecule has 0 saturated carbocycles. The molecule has 0 amide bonds. The summed E-state index contributed by atoms with van der Waals surface area (Å²) in [5, 5.41) is 0. The highest BCUT2D eigenvalue weighted by Crippen LogP contribution is 2.22. The van der Waals surface area contributed by atoms with E-state index in [0.717, 1.165) is 30.8 Å². The third-order valence-corrected chi connectivity index (χ3v) is 3.28. The summed E-state index contributed by atoms with van der Waals surface area (Å²) in [7, 11) is 3.44. The number of aryl methyl sites for hydroxylation is 2. The Morgan fingerprint density at radius 2 is 1.11 bits per heavy atom. The van der Waals surface area contributed by atoms with Crippen molar-refractivity contribution in [3.63, 3.8) is 0 Å². The number of ether oxygens (including phenoxy) is 2. The summed E-state index contributed by atoms with van der Waals surface area (Å²) in [4.78, 5) is 0. The lowest BCUT2D eigenvalue weighted by atomic mass is 10.0. The zero-order chi connectivity index (χ0) is 13.5. The second-order valence-corrected chi connectivity index (χ2v) is 4.48. The lowest BCUT2D eigenvalue weighted by Crippen LogP contribution is -1.96. The molecule has 0 heterocycles. The summed E-state index contributed by atoms with van der Waals surface area (Å²) in [5.41, 5.74) is 2.53. The van der Waals surface area contributed by atoms with Crippen molar-refractivity contribution in [3.05, 3.63) is 59.7 Å². The van der Waals surface area contributed by atoms with E-state index in [4.69, 9.17) is 9.47 Å². The van der Waals surface area contributed by atoms with Gasteiger partial charge in [0.2, 0.25) is 0 Å². The SMILES string of the molecule is COc1ccccc1CCCc1ccccc1OC. The molecule has 0 aliphatic carbocycles. The van der Waals surface area contributed by atoms with Gasteiger partial charge in [-0.2, -0.15) is 0 Å². The van der Waals surface area contributed by atoms with Crippen molar-refractivity contribution < 1.29 is 9.47 Å². The number of methoxy groups -OCH3 is 2. The monoisotopic (exact) mass is 256 g/mol. The molecular weight excluding hydrogens is 236 g/mol. The number of rotatable bonds is 6. The van der Waals surface area contributed by atoms with Crippen molar-refractivity contribution in [3.8, 4) is 11.5 Å². The van der Waals surface area contributed by atoms with Crippen molar-refractivity contribution in [1.82, 2.24) is 0 Å². The van der Waals surface area contributed by atoms with Crippen LogP contribution in [0.4, 0.5) is 0 Å². The molecule has 0 spiro atoms. The van der Waals surface area contributed by atoms with Crippen LogP contribution in [-0.4, -0.2) is 14.2 Å². The molecular formula is C17H20O2. The summed E-state index contributed by atoms with van der Waals surface area (Å²) in [5.74, 6) is 1.95. The van der Waals surface area contributed by atoms with Crippen LogP contribution in [0.15, 0.2) is 48.5 Å². The highest BCUT2D eigenvalue weighted by atomic mass is 16.5. The van der Waals surface area contributed by atoms with Crippen molar-refractivity contribution in [2.75, 3.05) is 14.2 Å². The molecule has 2 heteroatoms. The van der Waals surface area contributed by atoms with Crippen LogP contribution in [-0.2, 0) is 12.8 Å². The molecule has 0 radical (unpaired) electrons. The second-order valence-electron chi connectivity index (χ2n) is 4.48. The third kappa shape index (κ3) is 3.50. The highest BCUT2D eigenvalue weighted by molar-refractivity contribution is 5.35. The summed E-state index contributed by atoms with van der Waals surface area (Å²) in [6, 6.07) is 16.4. The van der Waals surface area contributed by atoms with E-state index in [-0.39, 0.29) is 0 Å². The van der Waals surface area contributed by atoms with E-state index in [0.29, 0.717) is 0 Å².